The average Bonchev–Trinajstić information content (AvgIpc) is 3.21. The van der Waals surface area contributed by atoms with Gasteiger partial charge in [-0.25, -0.2) is 0 Å². The van der Waals surface area contributed by atoms with Crippen LogP contribution in [0.15, 0.2) is 18.2 Å². The van der Waals surface area contributed by atoms with Gasteiger partial charge >= 0.3 is 0 Å². The number of rotatable bonds is 0. The third-order valence-corrected chi connectivity index (χ3v) is 7.15. The largest absolute Gasteiger partial charge is 0.0754 e. The smallest absolute Gasteiger partial charge is 0.0131 e. The summed E-state index contributed by atoms with van der Waals surface area (Å²) in [6, 6.07) is 4.80. The Kier molecular flexibility index (Phi) is 11.0. The Morgan fingerprint density at radius 1 is 0.448 bits per heavy atom. The first-order chi connectivity index (χ1) is 14.4. The number of hydrogen-bond acceptors (Lipinski definition) is 0. The highest BCUT2D eigenvalue weighted by atomic mass is 14.2. The summed E-state index contributed by atoms with van der Waals surface area (Å²) in [7, 11) is 0. The predicted octanol–water partition coefficient (Wildman–Crippen LogP) is 9.39. The molecule has 0 fully saturated rings. The predicted molar refractivity (Wildman–Crippen MR) is 129 cm³/mol. The maximum atomic E-state index is 2.44. The summed E-state index contributed by atoms with van der Waals surface area (Å²) in [5, 5.41) is 0. The van der Waals surface area contributed by atoms with Gasteiger partial charge < -0.3 is 0 Å². The van der Waals surface area contributed by atoms with Crippen molar-refractivity contribution in [2.75, 3.05) is 0 Å². The van der Waals surface area contributed by atoms with Gasteiger partial charge in [-0.15, -0.1) is 0 Å². The molecular weight excluding hydrogens is 348 g/mol. The van der Waals surface area contributed by atoms with E-state index in [1.807, 2.05) is 0 Å². The maximum absolute atomic E-state index is 2.44. The Labute approximate surface area is 181 Å². The zero-order valence-corrected chi connectivity index (χ0v) is 19.0. The SMILES string of the molecule is [CH]1C=Cc2c1ccc1c2CCCCCCCCCCCCCCCCCCCC1. The fourth-order valence-electron chi connectivity index (χ4n) is 5.29. The number of aryl methyl sites for hydroxylation is 1. The van der Waals surface area contributed by atoms with E-state index in [9.17, 15) is 0 Å². The highest BCUT2D eigenvalue weighted by Gasteiger charge is 2.14. The van der Waals surface area contributed by atoms with Gasteiger partial charge in [-0.05, 0) is 47.9 Å². The van der Waals surface area contributed by atoms with Crippen LogP contribution in [0.4, 0.5) is 0 Å². The van der Waals surface area contributed by atoms with Crippen molar-refractivity contribution in [1.82, 2.24) is 0 Å². The lowest BCUT2D eigenvalue weighted by atomic mass is 9.90. The van der Waals surface area contributed by atoms with E-state index < -0.39 is 0 Å². The van der Waals surface area contributed by atoms with Crippen molar-refractivity contribution in [3.8, 4) is 0 Å². The van der Waals surface area contributed by atoms with Crippen LogP contribution in [0, 0.1) is 6.42 Å². The molecule has 1 aromatic carbocycles. The highest BCUT2D eigenvalue weighted by Crippen LogP contribution is 2.30. The molecule has 0 N–H and O–H groups in total. The van der Waals surface area contributed by atoms with Gasteiger partial charge in [-0.2, -0.15) is 0 Å². The summed E-state index contributed by atoms with van der Waals surface area (Å²) in [4.78, 5) is 0. The molecule has 0 amide bonds. The lowest BCUT2D eigenvalue weighted by Crippen LogP contribution is -2.00. The van der Waals surface area contributed by atoms with Gasteiger partial charge in [0, 0.05) is 6.42 Å². The first kappa shape index (κ1) is 22.6. The summed E-state index contributed by atoms with van der Waals surface area (Å²) >= 11 is 0. The van der Waals surface area contributed by atoms with E-state index in [0.717, 1.165) is 0 Å². The molecule has 2 aliphatic carbocycles. The van der Waals surface area contributed by atoms with E-state index >= 15 is 0 Å². The molecule has 0 heteroatoms. The number of allylic oxidation sites excluding steroid dienone is 1. The van der Waals surface area contributed by atoms with Crippen LogP contribution >= 0.6 is 0 Å². The number of fused-ring (bicyclic) bond motifs is 3. The van der Waals surface area contributed by atoms with Gasteiger partial charge in [0.05, 0.1) is 0 Å². The highest BCUT2D eigenvalue weighted by molar-refractivity contribution is 5.69. The lowest BCUT2D eigenvalue weighted by molar-refractivity contribution is 0.522. The molecule has 0 heterocycles. The minimum atomic E-state index is 1.29. The molecule has 0 saturated carbocycles. The molecule has 1 aromatic rings. The number of benzene rings is 1. The van der Waals surface area contributed by atoms with Crippen molar-refractivity contribution in [1.29, 1.82) is 0 Å². The maximum Gasteiger partial charge on any atom is 0.0131 e. The minimum Gasteiger partial charge on any atom is -0.0754 e. The molecule has 2 aliphatic rings. The molecule has 161 valence electrons. The summed E-state index contributed by atoms with van der Waals surface area (Å²) in [6.45, 7) is 0. The van der Waals surface area contributed by atoms with Crippen molar-refractivity contribution >= 4 is 6.08 Å². The Morgan fingerprint density at radius 2 is 0.897 bits per heavy atom. The Hall–Kier alpha value is -1.04. The third kappa shape index (κ3) is 8.31. The molecule has 0 aliphatic heterocycles. The number of hydrogen-bond donors (Lipinski definition) is 0. The van der Waals surface area contributed by atoms with Crippen molar-refractivity contribution in [3.05, 3.63) is 46.9 Å². The average molecular weight is 394 g/mol. The second-order valence-corrected chi connectivity index (χ2v) is 9.60. The van der Waals surface area contributed by atoms with E-state index in [1.54, 1.807) is 11.1 Å². The van der Waals surface area contributed by atoms with Crippen LogP contribution in [-0.4, -0.2) is 0 Å². The standard InChI is InChI=1S/C29H45/c1-2-4-6-8-10-12-14-16-18-22-28-26(24-25-27-21-19-23-29(27)28)20-17-15-13-11-9-7-5-3-1/h19,21,23-25H,1-18,20,22H2. The minimum absolute atomic E-state index is 1.29. The van der Waals surface area contributed by atoms with Crippen molar-refractivity contribution in [3.63, 3.8) is 0 Å². The van der Waals surface area contributed by atoms with Crippen LogP contribution in [-0.2, 0) is 12.8 Å². The van der Waals surface area contributed by atoms with Crippen LogP contribution in [0.3, 0.4) is 0 Å². The first-order valence-corrected chi connectivity index (χ1v) is 13.1. The quantitative estimate of drug-likeness (QED) is 0.412. The second kappa shape index (κ2) is 14.1. The first-order valence-electron chi connectivity index (χ1n) is 13.1. The Balaban J connectivity index is 1.50. The van der Waals surface area contributed by atoms with Crippen LogP contribution in [0.2, 0.25) is 0 Å². The molecule has 0 nitrogen and oxygen atoms in total. The molecule has 0 saturated heterocycles. The Morgan fingerprint density at radius 3 is 1.41 bits per heavy atom. The fourth-order valence-corrected chi connectivity index (χ4v) is 5.29. The normalized spacial score (nSPS) is 21.5. The molecule has 0 bridgehead atoms. The van der Waals surface area contributed by atoms with Gasteiger partial charge in [0.15, 0.2) is 0 Å². The molecule has 1 radical (unpaired) electrons. The van der Waals surface area contributed by atoms with E-state index in [1.165, 1.54) is 140 Å². The molecule has 3 rings (SSSR count). The van der Waals surface area contributed by atoms with Crippen molar-refractivity contribution in [2.45, 2.75) is 128 Å². The molecule has 29 heavy (non-hydrogen) atoms. The van der Waals surface area contributed by atoms with Gasteiger partial charge in [-0.1, -0.05) is 127 Å². The summed E-state index contributed by atoms with van der Waals surface area (Å²) in [5.74, 6) is 0. The van der Waals surface area contributed by atoms with Crippen LogP contribution < -0.4 is 0 Å². The summed E-state index contributed by atoms with van der Waals surface area (Å²) in [6.07, 6.45) is 35.6. The molecule has 0 aromatic heterocycles. The zero-order chi connectivity index (χ0) is 20.0. The van der Waals surface area contributed by atoms with Crippen LogP contribution in [0.5, 0.6) is 0 Å². The van der Waals surface area contributed by atoms with Gasteiger partial charge in [0.25, 0.3) is 0 Å². The monoisotopic (exact) mass is 393 g/mol. The summed E-state index contributed by atoms with van der Waals surface area (Å²) < 4.78 is 0. The topological polar surface area (TPSA) is 0 Å². The fraction of sp³-hybridized carbons (Fsp3) is 0.690. The van der Waals surface area contributed by atoms with Gasteiger partial charge in [-0.3, -0.25) is 0 Å². The van der Waals surface area contributed by atoms with E-state index in [4.69, 9.17) is 0 Å². The third-order valence-electron chi connectivity index (χ3n) is 7.15. The zero-order valence-electron chi connectivity index (χ0n) is 19.0. The molecule has 0 spiro atoms. The lowest BCUT2D eigenvalue weighted by Gasteiger charge is -2.15. The van der Waals surface area contributed by atoms with Crippen molar-refractivity contribution < 1.29 is 0 Å². The van der Waals surface area contributed by atoms with Crippen LogP contribution in [0.1, 0.15) is 138 Å². The van der Waals surface area contributed by atoms with Gasteiger partial charge in [0.2, 0.25) is 0 Å². The van der Waals surface area contributed by atoms with Crippen LogP contribution in [0.25, 0.3) is 6.08 Å². The Bertz CT molecular complexity index is 594. The molecule has 0 unspecified atom stereocenters. The van der Waals surface area contributed by atoms with E-state index in [2.05, 4.69) is 30.7 Å². The second-order valence-electron chi connectivity index (χ2n) is 9.60. The molecule has 0 atom stereocenters. The van der Waals surface area contributed by atoms with E-state index in [0.29, 0.717) is 0 Å². The van der Waals surface area contributed by atoms with Gasteiger partial charge in [0.1, 0.15) is 0 Å². The molecular formula is C29H45. The van der Waals surface area contributed by atoms with Crippen molar-refractivity contribution in [2.24, 2.45) is 0 Å². The summed E-state index contributed by atoms with van der Waals surface area (Å²) in [5.41, 5.74) is 6.31. The van der Waals surface area contributed by atoms with E-state index in [-0.39, 0.29) is 0 Å².